The molecule has 1 unspecified atom stereocenters. The van der Waals surface area contributed by atoms with Crippen LogP contribution in [0.25, 0.3) is 0 Å². The number of nitrogens with zero attached hydrogens (tertiary/aromatic N) is 1. The van der Waals surface area contributed by atoms with Crippen molar-refractivity contribution >= 4 is 11.6 Å². The number of carbonyl (C=O) groups is 1. The molecule has 19 heavy (non-hydrogen) atoms. The van der Waals surface area contributed by atoms with E-state index in [0.717, 1.165) is 0 Å². The molecular formula is C11H12F2N2O4. The first-order valence-corrected chi connectivity index (χ1v) is 5.42. The first kappa shape index (κ1) is 15.0. The average Bonchev–Trinajstić information content (AvgIpc) is 2.31. The van der Waals surface area contributed by atoms with Crippen LogP contribution in [0.15, 0.2) is 12.1 Å². The van der Waals surface area contributed by atoms with Gasteiger partial charge in [0.05, 0.1) is 16.6 Å². The maximum Gasteiger partial charge on any atom is 0.307 e. The molecule has 0 bridgehead atoms. The van der Waals surface area contributed by atoms with Gasteiger partial charge in [0.15, 0.2) is 0 Å². The van der Waals surface area contributed by atoms with Gasteiger partial charge in [-0.1, -0.05) is 0 Å². The van der Waals surface area contributed by atoms with Crippen molar-refractivity contribution in [2.45, 2.75) is 19.4 Å². The third-order valence-corrected chi connectivity index (χ3v) is 2.42. The number of nitro benzene ring substituents is 1. The second-order valence-electron chi connectivity index (χ2n) is 3.93. The summed E-state index contributed by atoms with van der Waals surface area (Å²) in [5.41, 5.74) is -1.65. The average molecular weight is 274 g/mol. The van der Waals surface area contributed by atoms with Crippen LogP contribution in [-0.2, 0) is 0 Å². The standard InChI is InChI=1S/C11H12F2N2O4/c1-6(2-3-16)14-11(17)7-4-9(13)10(15(18)19)5-8(7)12/h4-6,16H,2-3H2,1H3,(H,14,17). The molecule has 0 aliphatic rings. The van der Waals surface area contributed by atoms with E-state index in [4.69, 9.17) is 5.11 Å². The number of nitro groups is 1. The van der Waals surface area contributed by atoms with Gasteiger partial charge < -0.3 is 10.4 Å². The molecule has 8 heteroatoms. The number of hydrogen-bond donors (Lipinski definition) is 2. The maximum atomic E-state index is 13.5. The molecule has 0 radical (unpaired) electrons. The molecule has 0 aliphatic carbocycles. The summed E-state index contributed by atoms with van der Waals surface area (Å²) in [5, 5.41) is 21.4. The minimum atomic E-state index is -1.29. The van der Waals surface area contributed by atoms with Gasteiger partial charge in [-0.15, -0.1) is 0 Å². The third kappa shape index (κ3) is 3.68. The number of rotatable bonds is 5. The Morgan fingerprint density at radius 1 is 1.47 bits per heavy atom. The molecule has 6 nitrogen and oxygen atoms in total. The normalized spacial score (nSPS) is 12.0. The van der Waals surface area contributed by atoms with Crippen LogP contribution < -0.4 is 5.32 Å². The molecule has 1 rings (SSSR count). The van der Waals surface area contributed by atoms with Crippen LogP contribution in [0.4, 0.5) is 14.5 Å². The number of halogens is 2. The summed E-state index contributed by atoms with van der Waals surface area (Å²) in [6.07, 6.45) is 0.253. The molecule has 0 aliphatic heterocycles. The zero-order valence-electron chi connectivity index (χ0n) is 10.0. The van der Waals surface area contributed by atoms with Crippen LogP contribution in [0.1, 0.15) is 23.7 Å². The molecule has 1 aromatic rings. The van der Waals surface area contributed by atoms with Crippen LogP contribution >= 0.6 is 0 Å². The SMILES string of the molecule is CC(CCO)NC(=O)c1cc(F)c([N+](=O)[O-])cc1F. The molecular weight excluding hydrogens is 262 g/mol. The van der Waals surface area contributed by atoms with E-state index in [2.05, 4.69) is 5.32 Å². The first-order valence-electron chi connectivity index (χ1n) is 5.42. The summed E-state index contributed by atoms with van der Waals surface area (Å²) in [7, 11) is 0. The van der Waals surface area contributed by atoms with E-state index in [1.54, 1.807) is 6.92 Å². The zero-order valence-corrected chi connectivity index (χ0v) is 10.0. The highest BCUT2D eigenvalue weighted by molar-refractivity contribution is 5.94. The summed E-state index contributed by atoms with van der Waals surface area (Å²) in [4.78, 5) is 20.9. The summed E-state index contributed by atoms with van der Waals surface area (Å²) < 4.78 is 26.8. The van der Waals surface area contributed by atoms with Gasteiger partial charge in [0.25, 0.3) is 5.91 Å². The molecule has 0 fully saturated rings. The number of hydrogen-bond acceptors (Lipinski definition) is 4. The lowest BCUT2D eigenvalue weighted by Crippen LogP contribution is -2.33. The predicted octanol–water partition coefficient (Wildman–Crippen LogP) is 1.37. The van der Waals surface area contributed by atoms with Crippen molar-refractivity contribution in [2.24, 2.45) is 0 Å². The number of nitrogens with one attached hydrogen (secondary N) is 1. The van der Waals surface area contributed by atoms with Gasteiger partial charge in [-0.25, -0.2) is 4.39 Å². The molecule has 104 valence electrons. The zero-order chi connectivity index (χ0) is 14.6. The number of aliphatic hydroxyl groups is 1. The lowest BCUT2D eigenvalue weighted by Gasteiger charge is -2.12. The molecule has 0 spiro atoms. The van der Waals surface area contributed by atoms with E-state index in [1.807, 2.05) is 0 Å². The Labute approximate surface area is 107 Å². The Kier molecular flexibility index (Phi) is 4.87. The monoisotopic (exact) mass is 274 g/mol. The topological polar surface area (TPSA) is 92.5 Å². The lowest BCUT2D eigenvalue weighted by molar-refractivity contribution is -0.387. The van der Waals surface area contributed by atoms with Crippen molar-refractivity contribution in [3.8, 4) is 0 Å². The Hall–Kier alpha value is -2.09. The Bertz CT molecular complexity index is 508. The molecule has 0 heterocycles. The van der Waals surface area contributed by atoms with E-state index in [-0.39, 0.29) is 13.0 Å². The van der Waals surface area contributed by atoms with E-state index in [9.17, 15) is 23.7 Å². The minimum Gasteiger partial charge on any atom is -0.396 e. The van der Waals surface area contributed by atoms with Crippen LogP contribution in [0.3, 0.4) is 0 Å². The molecule has 0 aromatic heterocycles. The van der Waals surface area contributed by atoms with Crippen LogP contribution in [0, 0.1) is 21.7 Å². The molecule has 0 saturated carbocycles. The number of benzene rings is 1. The van der Waals surface area contributed by atoms with Crippen LogP contribution in [0.2, 0.25) is 0 Å². The van der Waals surface area contributed by atoms with E-state index in [0.29, 0.717) is 12.1 Å². The maximum absolute atomic E-state index is 13.5. The van der Waals surface area contributed by atoms with Crippen molar-refractivity contribution < 1.29 is 23.6 Å². The predicted molar refractivity (Wildman–Crippen MR) is 61.6 cm³/mol. The first-order chi connectivity index (χ1) is 8.86. The highest BCUT2D eigenvalue weighted by Gasteiger charge is 2.22. The highest BCUT2D eigenvalue weighted by Crippen LogP contribution is 2.21. The number of aliphatic hydroxyl groups excluding tert-OH is 1. The summed E-state index contributed by atoms with van der Waals surface area (Å²) in [6.45, 7) is 1.41. The largest absolute Gasteiger partial charge is 0.396 e. The number of carbonyl (C=O) groups excluding carboxylic acids is 1. The third-order valence-electron chi connectivity index (χ3n) is 2.42. The fourth-order valence-corrected chi connectivity index (χ4v) is 1.42. The van der Waals surface area contributed by atoms with Gasteiger partial charge in [0.1, 0.15) is 5.82 Å². The van der Waals surface area contributed by atoms with Crippen molar-refractivity contribution in [2.75, 3.05) is 6.61 Å². The quantitative estimate of drug-likeness (QED) is 0.626. The second-order valence-corrected chi connectivity index (χ2v) is 3.93. The minimum absolute atomic E-state index is 0.168. The van der Waals surface area contributed by atoms with Gasteiger partial charge in [-0.2, -0.15) is 4.39 Å². The molecule has 1 atom stereocenters. The fourth-order valence-electron chi connectivity index (χ4n) is 1.42. The summed E-state index contributed by atoms with van der Waals surface area (Å²) >= 11 is 0. The Balaban J connectivity index is 2.99. The lowest BCUT2D eigenvalue weighted by atomic mass is 10.1. The van der Waals surface area contributed by atoms with Gasteiger partial charge in [0, 0.05) is 12.6 Å². The number of amides is 1. The van der Waals surface area contributed by atoms with Crippen molar-refractivity contribution in [3.05, 3.63) is 39.4 Å². The van der Waals surface area contributed by atoms with Crippen LogP contribution in [0.5, 0.6) is 0 Å². The molecule has 0 saturated heterocycles. The van der Waals surface area contributed by atoms with Gasteiger partial charge >= 0.3 is 5.69 Å². The van der Waals surface area contributed by atoms with Gasteiger partial charge in [0.2, 0.25) is 5.82 Å². The van der Waals surface area contributed by atoms with Crippen molar-refractivity contribution in [3.63, 3.8) is 0 Å². The second kappa shape index (κ2) is 6.19. The molecule has 1 aromatic carbocycles. The van der Waals surface area contributed by atoms with Gasteiger partial charge in [-0.05, 0) is 19.4 Å². The van der Waals surface area contributed by atoms with Gasteiger partial charge in [-0.3, -0.25) is 14.9 Å². The molecule has 1 amide bonds. The Morgan fingerprint density at radius 2 is 2.11 bits per heavy atom. The van der Waals surface area contributed by atoms with E-state index < -0.39 is 39.8 Å². The van der Waals surface area contributed by atoms with E-state index in [1.165, 1.54) is 0 Å². The van der Waals surface area contributed by atoms with Crippen molar-refractivity contribution in [1.29, 1.82) is 0 Å². The van der Waals surface area contributed by atoms with Crippen molar-refractivity contribution in [1.82, 2.24) is 5.32 Å². The summed E-state index contributed by atoms with van der Waals surface area (Å²) in [6, 6.07) is 0.408. The Morgan fingerprint density at radius 3 is 2.63 bits per heavy atom. The molecule has 2 N–H and O–H groups in total. The summed E-state index contributed by atoms with van der Waals surface area (Å²) in [5.74, 6) is -3.36. The smallest absolute Gasteiger partial charge is 0.307 e. The fraction of sp³-hybridized carbons (Fsp3) is 0.364. The van der Waals surface area contributed by atoms with E-state index >= 15 is 0 Å². The highest BCUT2D eigenvalue weighted by atomic mass is 19.1. The van der Waals surface area contributed by atoms with Crippen LogP contribution in [-0.4, -0.2) is 28.6 Å².